The second-order valence-corrected chi connectivity index (χ2v) is 3.30. The van der Waals surface area contributed by atoms with Gasteiger partial charge in [0.1, 0.15) is 5.82 Å². The van der Waals surface area contributed by atoms with Crippen LogP contribution in [0.15, 0.2) is 12.4 Å². The number of carbonyl (C=O) groups is 1. The van der Waals surface area contributed by atoms with Crippen molar-refractivity contribution in [3.8, 4) is 5.88 Å². The molecule has 1 aromatic rings. The van der Waals surface area contributed by atoms with Crippen LogP contribution in [-0.2, 0) is 4.79 Å². The van der Waals surface area contributed by atoms with E-state index in [0.717, 1.165) is 0 Å². The number of nitrogens with zero attached hydrogens (tertiary/aromatic N) is 2. The lowest BCUT2D eigenvalue weighted by atomic mass is 10.2. The van der Waals surface area contributed by atoms with Gasteiger partial charge in [0.25, 0.3) is 0 Å². The lowest BCUT2D eigenvalue weighted by Gasteiger charge is -2.09. The number of carboxylic acids is 1. The standard InChI is InChI=1S/C10H15N3O3/c1-3-16-9-6-11-5-8(13-9)12-4-7(2)10(14)15/h5-7H,3-4H2,1-2H3,(H,12,13)(H,14,15). The Kier molecular flexibility index (Phi) is 4.50. The van der Waals surface area contributed by atoms with Crippen LogP contribution in [0.3, 0.4) is 0 Å². The molecule has 0 aliphatic heterocycles. The number of carboxylic acid groups (broad SMARTS) is 1. The molecule has 0 saturated carbocycles. The summed E-state index contributed by atoms with van der Waals surface area (Å²) in [6, 6.07) is 0. The maximum absolute atomic E-state index is 10.6. The van der Waals surface area contributed by atoms with Gasteiger partial charge in [-0.2, -0.15) is 4.98 Å². The average molecular weight is 225 g/mol. The highest BCUT2D eigenvalue weighted by Gasteiger charge is 2.10. The van der Waals surface area contributed by atoms with Crippen molar-refractivity contribution in [2.45, 2.75) is 13.8 Å². The van der Waals surface area contributed by atoms with Crippen LogP contribution < -0.4 is 10.1 Å². The molecule has 1 atom stereocenters. The molecule has 0 amide bonds. The van der Waals surface area contributed by atoms with Crippen LogP contribution in [0, 0.1) is 5.92 Å². The van der Waals surface area contributed by atoms with Gasteiger partial charge in [0, 0.05) is 6.54 Å². The van der Waals surface area contributed by atoms with Gasteiger partial charge in [0.05, 0.1) is 24.9 Å². The Labute approximate surface area is 93.7 Å². The Balaban J connectivity index is 2.53. The Morgan fingerprint density at radius 3 is 3.00 bits per heavy atom. The number of anilines is 1. The maximum Gasteiger partial charge on any atom is 0.308 e. The van der Waals surface area contributed by atoms with Crippen LogP contribution in [0.1, 0.15) is 13.8 Å². The zero-order chi connectivity index (χ0) is 12.0. The van der Waals surface area contributed by atoms with E-state index in [2.05, 4.69) is 15.3 Å². The average Bonchev–Trinajstić information content (AvgIpc) is 2.26. The molecule has 0 aliphatic rings. The van der Waals surface area contributed by atoms with Gasteiger partial charge in [0.15, 0.2) is 0 Å². The van der Waals surface area contributed by atoms with E-state index in [1.54, 1.807) is 6.92 Å². The monoisotopic (exact) mass is 225 g/mol. The molecular formula is C10H15N3O3. The van der Waals surface area contributed by atoms with Crippen LogP contribution in [0.5, 0.6) is 5.88 Å². The first-order chi connectivity index (χ1) is 7.63. The van der Waals surface area contributed by atoms with Gasteiger partial charge in [-0.3, -0.25) is 9.78 Å². The van der Waals surface area contributed by atoms with E-state index in [4.69, 9.17) is 9.84 Å². The van der Waals surface area contributed by atoms with E-state index in [1.165, 1.54) is 12.4 Å². The molecule has 2 N–H and O–H groups in total. The van der Waals surface area contributed by atoms with Crippen LogP contribution in [0.25, 0.3) is 0 Å². The lowest BCUT2D eigenvalue weighted by Crippen LogP contribution is -2.20. The number of ether oxygens (including phenoxy) is 1. The minimum absolute atomic E-state index is 0.305. The van der Waals surface area contributed by atoms with Crippen LogP contribution in [-0.4, -0.2) is 34.2 Å². The molecule has 1 rings (SSSR count). The quantitative estimate of drug-likeness (QED) is 0.751. The molecule has 0 fully saturated rings. The number of rotatable bonds is 6. The van der Waals surface area contributed by atoms with Gasteiger partial charge in [-0.15, -0.1) is 0 Å². The van der Waals surface area contributed by atoms with Gasteiger partial charge in [0.2, 0.25) is 5.88 Å². The number of aliphatic carboxylic acids is 1. The molecule has 88 valence electrons. The fraction of sp³-hybridized carbons (Fsp3) is 0.500. The summed E-state index contributed by atoms with van der Waals surface area (Å²) in [4.78, 5) is 18.6. The zero-order valence-corrected chi connectivity index (χ0v) is 9.30. The molecule has 0 aromatic carbocycles. The van der Waals surface area contributed by atoms with Crippen molar-refractivity contribution in [2.75, 3.05) is 18.5 Å². The highest BCUT2D eigenvalue weighted by atomic mass is 16.5. The lowest BCUT2D eigenvalue weighted by molar-refractivity contribution is -0.140. The smallest absolute Gasteiger partial charge is 0.308 e. The third-order valence-corrected chi connectivity index (χ3v) is 1.92. The minimum Gasteiger partial charge on any atom is -0.481 e. The molecule has 6 heteroatoms. The van der Waals surface area contributed by atoms with Crippen LogP contribution >= 0.6 is 0 Å². The second-order valence-electron chi connectivity index (χ2n) is 3.30. The van der Waals surface area contributed by atoms with Gasteiger partial charge in [-0.25, -0.2) is 0 Å². The predicted octanol–water partition coefficient (Wildman–Crippen LogP) is 1.01. The Morgan fingerprint density at radius 1 is 1.62 bits per heavy atom. The SMILES string of the molecule is CCOc1cncc(NCC(C)C(=O)O)n1. The number of aromatic nitrogens is 2. The van der Waals surface area contributed by atoms with Gasteiger partial charge < -0.3 is 15.2 Å². The van der Waals surface area contributed by atoms with E-state index >= 15 is 0 Å². The summed E-state index contributed by atoms with van der Waals surface area (Å²) < 4.78 is 5.17. The molecule has 1 heterocycles. The molecule has 0 radical (unpaired) electrons. The molecule has 0 aliphatic carbocycles. The van der Waals surface area contributed by atoms with E-state index in [1.807, 2.05) is 6.92 Å². The predicted molar refractivity (Wildman–Crippen MR) is 58.5 cm³/mol. The van der Waals surface area contributed by atoms with E-state index in [0.29, 0.717) is 24.8 Å². The van der Waals surface area contributed by atoms with E-state index in [-0.39, 0.29) is 0 Å². The second kappa shape index (κ2) is 5.89. The molecule has 16 heavy (non-hydrogen) atoms. The number of hydrogen-bond acceptors (Lipinski definition) is 5. The Hall–Kier alpha value is -1.85. The third-order valence-electron chi connectivity index (χ3n) is 1.92. The summed E-state index contributed by atoms with van der Waals surface area (Å²) in [5.74, 6) is -0.381. The molecule has 0 bridgehead atoms. The normalized spacial score (nSPS) is 11.9. The maximum atomic E-state index is 10.6. The summed E-state index contributed by atoms with van der Waals surface area (Å²) in [5, 5.41) is 11.6. The Morgan fingerprint density at radius 2 is 2.38 bits per heavy atom. The molecule has 0 spiro atoms. The van der Waals surface area contributed by atoms with Crippen LogP contribution in [0.4, 0.5) is 5.82 Å². The van der Waals surface area contributed by atoms with Gasteiger partial charge in [-0.1, -0.05) is 6.92 Å². The minimum atomic E-state index is -0.846. The van der Waals surface area contributed by atoms with Crippen molar-refractivity contribution in [2.24, 2.45) is 5.92 Å². The van der Waals surface area contributed by atoms with E-state index in [9.17, 15) is 4.79 Å². The molecule has 1 aromatic heterocycles. The summed E-state index contributed by atoms with van der Waals surface area (Å²) >= 11 is 0. The molecule has 0 saturated heterocycles. The Bertz CT molecular complexity index is 357. The number of hydrogen-bond donors (Lipinski definition) is 2. The van der Waals surface area contributed by atoms with Crippen molar-refractivity contribution >= 4 is 11.8 Å². The zero-order valence-electron chi connectivity index (χ0n) is 9.30. The first-order valence-electron chi connectivity index (χ1n) is 5.05. The summed E-state index contributed by atoms with van der Waals surface area (Å²) in [6.07, 6.45) is 3.03. The fourth-order valence-electron chi connectivity index (χ4n) is 0.996. The topological polar surface area (TPSA) is 84.3 Å². The first kappa shape index (κ1) is 12.2. The van der Waals surface area contributed by atoms with Crippen molar-refractivity contribution in [1.29, 1.82) is 0 Å². The van der Waals surface area contributed by atoms with E-state index < -0.39 is 11.9 Å². The fourth-order valence-corrected chi connectivity index (χ4v) is 0.996. The third kappa shape index (κ3) is 3.72. The molecule has 1 unspecified atom stereocenters. The van der Waals surface area contributed by atoms with Crippen molar-refractivity contribution in [3.63, 3.8) is 0 Å². The first-order valence-corrected chi connectivity index (χ1v) is 5.05. The molecular weight excluding hydrogens is 210 g/mol. The van der Waals surface area contributed by atoms with Gasteiger partial charge >= 0.3 is 5.97 Å². The van der Waals surface area contributed by atoms with Crippen LogP contribution in [0.2, 0.25) is 0 Å². The largest absolute Gasteiger partial charge is 0.481 e. The highest BCUT2D eigenvalue weighted by molar-refractivity contribution is 5.70. The molecule has 6 nitrogen and oxygen atoms in total. The van der Waals surface area contributed by atoms with Gasteiger partial charge in [-0.05, 0) is 6.92 Å². The van der Waals surface area contributed by atoms with Crippen molar-refractivity contribution in [3.05, 3.63) is 12.4 Å². The summed E-state index contributed by atoms with van der Waals surface area (Å²) in [5.41, 5.74) is 0. The highest BCUT2D eigenvalue weighted by Crippen LogP contribution is 2.09. The van der Waals surface area contributed by atoms with Crippen molar-refractivity contribution < 1.29 is 14.6 Å². The summed E-state index contributed by atoms with van der Waals surface area (Å²) in [6.45, 7) is 4.30. The summed E-state index contributed by atoms with van der Waals surface area (Å²) in [7, 11) is 0. The number of nitrogens with one attached hydrogen (secondary N) is 1. The van der Waals surface area contributed by atoms with Crippen molar-refractivity contribution in [1.82, 2.24) is 9.97 Å².